The zero-order valence-electron chi connectivity index (χ0n) is 21.3. The third kappa shape index (κ3) is 18.3. The molecule has 0 aromatic rings. The summed E-state index contributed by atoms with van der Waals surface area (Å²) in [7, 11) is 0. The van der Waals surface area contributed by atoms with Gasteiger partial charge >= 0.3 is 0 Å². The average Bonchev–Trinajstić information content (AvgIpc) is 2.76. The van der Waals surface area contributed by atoms with Crippen molar-refractivity contribution in [3.05, 3.63) is 0 Å². The summed E-state index contributed by atoms with van der Waals surface area (Å²) in [6, 6.07) is 0. The zero-order valence-corrected chi connectivity index (χ0v) is 23.7. The van der Waals surface area contributed by atoms with E-state index in [1.54, 1.807) is 11.8 Å². The minimum absolute atomic E-state index is 1.00. The van der Waals surface area contributed by atoms with Gasteiger partial charge in [0, 0.05) is 26.2 Å². The van der Waals surface area contributed by atoms with E-state index in [-0.39, 0.29) is 0 Å². The van der Waals surface area contributed by atoms with Gasteiger partial charge in [-0.05, 0) is 37.4 Å². The molecule has 0 N–H and O–H groups in total. The maximum Gasteiger partial charge on any atom is 0.143 e. The van der Waals surface area contributed by atoms with E-state index in [4.69, 9.17) is 24.4 Å². The molecular formula is C26H52N2S3. The van der Waals surface area contributed by atoms with Gasteiger partial charge in [0.2, 0.25) is 0 Å². The molecule has 2 nitrogen and oxygen atoms in total. The van der Waals surface area contributed by atoms with Crippen LogP contribution in [0.1, 0.15) is 130 Å². The molecule has 0 saturated heterocycles. The molecule has 0 aromatic carbocycles. The first-order valence-electron chi connectivity index (χ1n) is 13.4. The van der Waals surface area contributed by atoms with Crippen LogP contribution in [-0.2, 0) is 0 Å². The van der Waals surface area contributed by atoms with Crippen molar-refractivity contribution in [1.29, 1.82) is 0 Å². The Labute approximate surface area is 210 Å². The van der Waals surface area contributed by atoms with Crippen molar-refractivity contribution in [3.8, 4) is 0 Å². The minimum Gasteiger partial charge on any atom is -0.357 e. The van der Waals surface area contributed by atoms with E-state index in [1.165, 1.54) is 103 Å². The number of unbranched alkanes of at least 4 members (excludes halogenated alkanes) is 12. The zero-order chi connectivity index (χ0) is 23.2. The predicted octanol–water partition coefficient (Wildman–Crippen LogP) is 9.21. The highest BCUT2D eigenvalue weighted by molar-refractivity contribution is 8.37. The minimum atomic E-state index is 1.00. The first kappa shape index (κ1) is 31.1. The van der Waals surface area contributed by atoms with Gasteiger partial charge in [0.25, 0.3) is 0 Å². The van der Waals surface area contributed by atoms with Gasteiger partial charge in [-0.25, -0.2) is 0 Å². The standard InChI is InChI=1S/C26H52N2S3/c1-5-9-13-17-21-27(22-18-14-10-6-2)25(29)31-26(30)28(23-19-15-11-7-3)24-20-16-12-8-4/h5-24H2,1-4H3. The quantitative estimate of drug-likeness (QED) is 0.124. The van der Waals surface area contributed by atoms with Gasteiger partial charge in [-0.2, -0.15) is 0 Å². The second-order valence-corrected chi connectivity index (χ2v) is 11.1. The van der Waals surface area contributed by atoms with E-state index in [2.05, 4.69) is 37.5 Å². The van der Waals surface area contributed by atoms with Crippen LogP contribution in [0.25, 0.3) is 0 Å². The summed E-state index contributed by atoms with van der Waals surface area (Å²) < 4.78 is 2.01. The van der Waals surface area contributed by atoms with Gasteiger partial charge in [0.15, 0.2) is 0 Å². The molecule has 0 atom stereocenters. The van der Waals surface area contributed by atoms with Gasteiger partial charge in [0.05, 0.1) is 0 Å². The third-order valence-electron chi connectivity index (χ3n) is 5.82. The number of rotatable bonds is 20. The molecule has 184 valence electrons. The van der Waals surface area contributed by atoms with Crippen molar-refractivity contribution in [2.45, 2.75) is 130 Å². The summed E-state index contributed by atoms with van der Waals surface area (Å²) in [6.07, 6.45) is 20.6. The normalized spacial score (nSPS) is 11.0. The van der Waals surface area contributed by atoms with Gasteiger partial charge in [-0.3, -0.25) is 0 Å². The van der Waals surface area contributed by atoms with E-state index in [1.807, 2.05) is 0 Å². The maximum atomic E-state index is 5.91. The fourth-order valence-electron chi connectivity index (χ4n) is 3.71. The summed E-state index contributed by atoms with van der Waals surface area (Å²) in [4.78, 5) is 4.90. The second-order valence-electron chi connectivity index (χ2n) is 8.85. The lowest BCUT2D eigenvalue weighted by Gasteiger charge is -2.29. The van der Waals surface area contributed by atoms with Crippen molar-refractivity contribution in [1.82, 2.24) is 9.80 Å². The SMILES string of the molecule is CCCCCCN(CCCCCC)C(=S)SC(=S)N(CCCCCC)CCCCCC. The third-order valence-corrected chi connectivity index (χ3v) is 7.70. The summed E-state index contributed by atoms with van der Waals surface area (Å²) in [5.41, 5.74) is 0. The lowest BCUT2D eigenvalue weighted by Crippen LogP contribution is -2.35. The van der Waals surface area contributed by atoms with Crippen LogP contribution in [0.5, 0.6) is 0 Å². The number of thioether (sulfide) groups is 1. The molecule has 0 saturated carbocycles. The molecule has 0 spiro atoms. The van der Waals surface area contributed by atoms with Gasteiger partial charge in [-0.15, -0.1) is 0 Å². The summed E-state index contributed by atoms with van der Waals surface area (Å²) in [6.45, 7) is 13.5. The molecule has 0 aliphatic rings. The molecule has 0 fully saturated rings. The van der Waals surface area contributed by atoms with Crippen molar-refractivity contribution < 1.29 is 0 Å². The van der Waals surface area contributed by atoms with Crippen LogP contribution in [0.2, 0.25) is 0 Å². The second kappa shape index (κ2) is 23.3. The Morgan fingerprint density at radius 3 is 0.935 bits per heavy atom. The highest BCUT2D eigenvalue weighted by Gasteiger charge is 2.16. The van der Waals surface area contributed by atoms with Crippen molar-refractivity contribution in [3.63, 3.8) is 0 Å². The Hall–Kier alpha value is 0.130. The molecule has 0 aliphatic heterocycles. The Balaban J connectivity index is 4.76. The Bertz CT molecular complexity index is 367. The molecule has 0 heterocycles. The molecule has 0 aromatic heterocycles. The monoisotopic (exact) mass is 488 g/mol. The van der Waals surface area contributed by atoms with Crippen LogP contribution >= 0.6 is 36.2 Å². The van der Waals surface area contributed by atoms with E-state index in [9.17, 15) is 0 Å². The molecule has 5 heteroatoms. The number of hydrogen-bond acceptors (Lipinski definition) is 3. The van der Waals surface area contributed by atoms with E-state index in [0.717, 1.165) is 34.8 Å². The molecule has 31 heavy (non-hydrogen) atoms. The van der Waals surface area contributed by atoms with Crippen molar-refractivity contribution in [2.24, 2.45) is 0 Å². The van der Waals surface area contributed by atoms with Gasteiger partial charge in [-0.1, -0.05) is 129 Å². The summed E-state index contributed by atoms with van der Waals surface area (Å²) >= 11 is 13.5. The largest absolute Gasteiger partial charge is 0.357 e. The summed E-state index contributed by atoms with van der Waals surface area (Å²) in [5.74, 6) is 0. The van der Waals surface area contributed by atoms with Crippen LogP contribution in [0.3, 0.4) is 0 Å². The van der Waals surface area contributed by atoms with Crippen LogP contribution in [0.15, 0.2) is 0 Å². The first-order chi connectivity index (χ1) is 15.1. The maximum absolute atomic E-state index is 5.91. The van der Waals surface area contributed by atoms with Crippen molar-refractivity contribution >= 4 is 44.8 Å². The molecule has 0 aliphatic carbocycles. The van der Waals surface area contributed by atoms with Gasteiger partial charge in [0.1, 0.15) is 8.64 Å². The fraction of sp³-hybridized carbons (Fsp3) is 0.923. The van der Waals surface area contributed by atoms with Crippen LogP contribution < -0.4 is 0 Å². The Kier molecular flexibility index (Phi) is 23.4. The number of hydrogen-bond donors (Lipinski definition) is 0. The van der Waals surface area contributed by atoms with E-state index >= 15 is 0 Å². The van der Waals surface area contributed by atoms with Crippen LogP contribution in [-0.4, -0.2) is 44.6 Å². The molecule has 0 unspecified atom stereocenters. The van der Waals surface area contributed by atoms with Crippen LogP contribution in [0.4, 0.5) is 0 Å². The number of nitrogens with zero attached hydrogens (tertiary/aromatic N) is 2. The smallest absolute Gasteiger partial charge is 0.143 e. The first-order valence-corrected chi connectivity index (χ1v) is 15.0. The molecular weight excluding hydrogens is 437 g/mol. The Morgan fingerprint density at radius 1 is 0.452 bits per heavy atom. The van der Waals surface area contributed by atoms with Gasteiger partial charge < -0.3 is 9.80 Å². The lowest BCUT2D eigenvalue weighted by atomic mass is 10.2. The highest BCUT2D eigenvalue weighted by Crippen LogP contribution is 2.19. The molecule has 0 bridgehead atoms. The van der Waals surface area contributed by atoms with Crippen molar-refractivity contribution in [2.75, 3.05) is 26.2 Å². The number of thiocarbonyl (C=S) groups is 2. The highest BCUT2D eigenvalue weighted by atomic mass is 32.2. The predicted molar refractivity (Wildman–Crippen MR) is 153 cm³/mol. The lowest BCUT2D eigenvalue weighted by molar-refractivity contribution is 0.395. The Morgan fingerprint density at radius 2 is 0.710 bits per heavy atom. The average molecular weight is 489 g/mol. The summed E-state index contributed by atoms with van der Waals surface area (Å²) in [5, 5.41) is 0. The molecule has 0 rings (SSSR count). The molecule has 0 amide bonds. The van der Waals surface area contributed by atoms with Crippen LogP contribution in [0, 0.1) is 0 Å². The fourth-order valence-corrected chi connectivity index (χ4v) is 5.48. The molecule has 0 radical (unpaired) electrons. The topological polar surface area (TPSA) is 6.48 Å². The van der Waals surface area contributed by atoms with E-state index < -0.39 is 0 Å². The van der Waals surface area contributed by atoms with E-state index in [0.29, 0.717) is 0 Å².